The lowest BCUT2D eigenvalue weighted by Crippen LogP contribution is -2.30. The standard InChI is InChI=1S/C13H18BrF2N/c1-13(2,3)8(7-17)6-9-11(15)5-4-10(14)12(9)16/h4-5,8H,6-7,17H2,1-3H3. The van der Waals surface area contributed by atoms with Crippen molar-refractivity contribution in [1.29, 1.82) is 0 Å². The number of nitrogens with two attached hydrogens (primary N) is 1. The molecule has 0 saturated heterocycles. The van der Waals surface area contributed by atoms with Crippen LogP contribution < -0.4 is 5.73 Å². The molecule has 1 nitrogen and oxygen atoms in total. The fourth-order valence-electron chi connectivity index (χ4n) is 1.75. The van der Waals surface area contributed by atoms with E-state index < -0.39 is 11.6 Å². The molecule has 0 saturated carbocycles. The van der Waals surface area contributed by atoms with Crippen molar-refractivity contribution in [2.75, 3.05) is 6.54 Å². The fourth-order valence-corrected chi connectivity index (χ4v) is 2.12. The van der Waals surface area contributed by atoms with Gasteiger partial charge in [0.15, 0.2) is 0 Å². The van der Waals surface area contributed by atoms with Crippen molar-refractivity contribution in [3.05, 3.63) is 33.8 Å². The van der Waals surface area contributed by atoms with Crippen LogP contribution in [-0.4, -0.2) is 6.54 Å². The van der Waals surface area contributed by atoms with Gasteiger partial charge in [-0.05, 0) is 52.4 Å². The molecular formula is C13H18BrF2N. The van der Waals surface area contributed by atoms with E-state index >= 15 is 0 Å². The van der Waals surface area contributed by atoms with E-state index in [1.54, 1.807) is 0 Å². The molecule has 1 aromatic rings. The topological polar surface area (TPSA) is 26.0 Å². The first-order valence-electron chi connectivity index (χ1n) is 5.59. The van der Waals surface area contributed by atoms with Crippen LogP contribution in [0.25, 0.3) is 0 Å². The molecule has 0 heterocycles. The summed E-state index contributed by atoms with van der Waals surface area (Å²) in [4.78, 5) is 0. The summed E-state index contributed by atoms with van der Waals surface area (Å²) in [6, 6.07) is 2.65. The average Bonchev–Trinajstić information content (AvgIpc) is 2.22. The lowest BCUT2D eigenvalue weighted by atomic mass is 9.77. The Morgan fingerprint density at radius 1 is 1.29 bits per heavy atom. The smallest absolute Gasteiger partial charge is 0.143 e. The van der Waals surface area contributed by atoms with Crippen molar-refractivity contribution in [3.63, 3.8) is 0 Å². The number of rotatable bonds is 3. The predicted molar refractivity (Wildman–Crippen MR) is 69.8 cm³/mol. The van der Waals surface area contributed by atoms with Crippen LogP contribution in [0.4, 0.5) is 8.78 Å². The maximum absolute atomic E-state index is 13.8. The molecule has 0 bridgehead atoms. The van der Waals surface area contributed by atoms with Crippen LogP contribution in [0, 0.1) is 23.0 Å². The lowest BCUT2D eigenvalue weighted by molar-refractivity contribution is 0.242. The summed E-state index contributed by atoms with van der Waals surface area (Å²) >= 11 is 3.07. The molecule has 0 aliphatic carbocycles. The summed E-state index contributed by atoms with van der Waals surface area (Å²) in [6.45, 7) is 6.49. The van der Waals surface area contributed by atoms with Crippen LogP contribution in [0.3, 0.4) is 0 Å². The lowest BCUT2D eigenvalue weighted by Gasteiger charge is -2.30. The molecule has 1 atom stereocenters. The number of benzene rings is 1. The SMILES string of the molecule is CC(C)(C)C(CN)Cc1c(F)ccc(Br)c1F. The van der Waals surface area contributed by atoms with Gasteiger partial charge in [-0.2, -0.15) is 0 Å². The molecular weight excluding hydrogens is 288 g/mol. The predicted octanol–water partition coefficient (Wildman–Crippen LogP) is 3.89. The summed E-state index contributed by atoms with van der Waals surface area (Å²) in [6.07, 6.45) is 0.317. The molecule has 0 radical (unpaired) electrons. The summed E-state index contributed by atoms with van der Waals surface area (Å²) in [7, 11) is 0. The van der Waals surface area contributed by atoms with E-state index in [9.17, 15) is 8.78 Å². The maximum Gasteiger partial charge on any atom is 0.143 e. The normalized spacial score (nSPS) is 13.8. The van der Waals surface area contributed by atoms with Gasteiger partial charge in [-0.25, -0.2) is 8.78 Å². The van der Waals surface area contributed by atoms with Crippen LogP contribution in [0.15, 0.2) is 16.6 Å². The Kier molecular flexibility index (Phi) is 4.67. The van der Waals surface area contributed by atoms with Crippen LogP contribution >= 0.6 is 15.9 Å². The van der Waals surface area contributed by atoms with Crippen LogP contribution in [-0.2, 0) is 6.42 Å². The van der Waals surface area contributed by atoms with Crippen molar-refractivity contribution in [2.45, 2.75) is 27.2 Å². The van der Waals surface area contributed by atoms with E-state index in [-0.39, 0.29) is 16.9 Å². The van der Waals surface area contributed by atoms with Crippen molar-refractivity contribution in [1.82, 2.24) is 0 Å². The molecule has 0 aliphatic rings. The van der Waals surface area contributed by atoms with E-state index in [4.69, 9.17) is 5.73 Å². The van der Waals surface area contributed by atoms with Crippen LogP contribution in [0.1, 0.15) is 26.3 Å². The molecule has 0 aliphatic heterocycles. The van der Waals surface area contributed by atoms with Gasteiger partial charge in [0.1, 0.15) is 11.6 Å². The Morgan fingerprint density at radius 3 is 2.35 bits per heavy atom. The summed E-state index contributed by atoms with van der Waals surface area (Å²) in [5, 5.41) is 0. The third-order valence-corrected chi connectivity index (χ3v) is 3.71. The molecule has 0 aromatic heterocycles. The van der Waals surface area contributed by atoms with E-state index in [0.29, 0.717) is 17.4 Å². The molecule has 2 N–H and O–H groups in total. The Morgan fingerprint density at radius 2 is 1.88 bits per heavy atom. The summed E-state index contributed by atoms with van der Waals surface area (Å²) in [5.41, 5.74) is 5.73. The number of hydrogen-bond donors (Lipinski definition) is 1. The first-order chi connectivity index (χ1) is 7.77. The van der Waals surface area contributed by atoms with Crippen molar-refractivity contribution in [3.8, 4) is 0 Å². The molecule has 1 aromatic carbocycles. The fraction of sp³-hybridized carbons (Fsp3) is 0.538. The van der Waals surface area contributed by atoms with E-state index in [1.165, 1.54) is 12.1 Å². The molecule has 1 unspecified atom stereocenters. The zero-order valence-electron chi connectivity index (χ0n) is 10.4. The summed E-state index contributed by atoms with van der Waals surface area (Å²) in [5.74, 6) is -0.984. The number of halogens is 3. The highest BCUT2D eigenvalue weighted by Crippen LogP contribution is 2.31. The van der Waals surface area contributed by atoms with Gasteiger partial charge in [-0.3, -0.25) is 0 Å². The molecule has 0 spiro atoms. The Labute approximate surface area is 110 Å². The van der Waals surface area contributed by atoms with Gasteiger partial charge in [0.05, 0.1) is 4.47 Å². The maximum atomic E-state index is 13.8. The zero-order chi connectivity index (χ0) is 13.2. The van der Waals surface area contributed by atoms with Crippen molar-refractivity contribution < 1.29 is 8.78 Å². The summed E-state index contributed by atoms with van der Waals surface area (Å²) < 4.78 is 27.7. The van der Waals surface area contributed by atoms with Gasteiger partial charge in [0, 0.05) is 5.56 Å². The zero-order valence-corrected chi connectivity index (χ0v) is 11.9. The Bertz CT molecular complexity index is 399. The largest absolute Gasteiger partial charge is 0.330 e. The minimum atomic E-state index is -0.521. The van der Waals surface area contributed by atoms with Gasteiger partial charge >= 0.3 is 0 Å². The quantitative estimate of drug-likeness (QED) is 0.842. The van der Waals surface area contributed by atoms with E-state index in [1.807, 2.05) is 20.8 Å². The van der Waals surface area contributed by atoms with Gasteiger partial charge < -0.3 is 5.73 Å². The monoisotopic (exact) mass is 305 g/mol. The second-order valence-electron chi connectivity index (χ2n) is 5.32. The molecule has 4 heteroatoms. The highest BCUT2D eigenvalue weighted by Gasteiger charge is 2.26. The first-order valence-corrected chi connectivity index (χ1v) is 6.39. The minimum absolute atomic E-state index is 0.0424. The Hall–Kier alpha value is -0.480. The van der Waals surface area contributed by atoms with Crippen LogP contribution in [0.2, 0.25) is 0 Å². The molecule has 0 fully saturated rings. The van der Waals surface area contributed by atoms with Crippen molar-refractivity contribution >= 4 is 15.9 Å². The molecule has 17 heavy (non-hydrogen) atoms. The van der Waals surface area contributed by atoms with E-state index in [2.05, 4.69) is 15.9 Å². The van der Waals surface area contributed by atoms with Crippen LogP contribution in [0.5, 0.6) is 0 Å². The van der Waals surface area contributed by atoms with Crippen molar-refractivity contribution in [2.24, 2.45) is 17.1 Å². The van der Waals surface area contributed by atoms with Gasteiger partial charge in [-0.1, -0.05) is 20.8 Å². The third kappa shape index (κ3) is 3.49. The highest BCUT2D eigenvalue weighted by atomic mass is 79.9. The van der Waals surface area contributed by atoms with Gasteiger partial charge in [0.2, 0.25) is 0 Å². The minimum Gasteiger partial charge on any atom is -0.330 e. The molecule has 96 valence electrons. The van der Waals surface area contributed by atoms with E-state index in [0.717, 1.165) is 0 Å². The molecule has 1 rings (SSSR count). The second kappa shape index (κ2) is 5.44. The first kappa shape index (κ1) is 14.6. The Balaban J connectivity index is 3.06. The number of hydrogen-bond acceptors (Lipinski definition) is 1. The second-order valence-corrected chi connectivity index (χ2v) is 6.18. The molecule has 0 amide bonds. The highest BCUT2D eigenvalue weighted by molar-refractivity contribution is 9.10. The van der Waals surface area contributed by atoms with Gasteiger partial charge in [-0.15, -0.1) is 0 Å². The third-order valence-electron chi connectivity index (χ3n) is 3.10. The average molecular weight is 306 g/mol. The van der Waals surface area contributed by atoms with Gasteiger partial charge in [0.25, 0.3) is 0 Å².